The van der Waals surface area contributed by atoms with Gasteiger partial charge in [0, 0.05) is 12.6 Å². The van der Waals surface area contributed by atoms with Gasteiger partial charge in [0.15, 0.2) is 0 Å². The molecule has 1 saturated heterocycles. The lowest BCUT2D eigenvalue weighted by atomic mass is 9.70. The molecule has 1 aliphatic heterocycles. The van der Waals surface area contributed by atoms with Gasteiger partial charge in [-0.2, -0.15) is 0 Å². The van der Waals surface area contributed by atoms with Gasteiger partial charge in [-0.1, -0.05) is 13.3 Å². The number of carbonyl (C=O) groups is 1. The zero-order valence-electron chi connectivity index (χ0n) is 9.70. The Kier molecular flexibility index (Phi) is 2.75. The molecule has 1 aliphatic carbocycles. The Balaban J connectivity index is 1.92. The lowest BCUT2D eigenvalue weighted by molar-refractivity contribution is -0.142. The molecule has 1 N–H and O–H groups in total. The molecule has 0 radical (unpaired) electrons. The van der Waals surface area contributed by atoms with Crippen LogP contribution in [0.5, 0.6) is 0 Å². The van der Waals surface area contributed by atoms with Crippen molar-refractivity contribution in [2.45, 2.75) is 45.6 Å². The maximum Gasteiger partial charge on any atom is 0.308 e. The van der Waals surface area contributed by atoms with Crippen molar-refractivity contribution < 1.29 is 9.90 Å². The van der Waals surface area contributed by atoms with Crippen LogP contribution in [0, 0.1) is 11.3 Å². The van der Waals surface area contributed by atoms with Crippen molar-refractivity contribution in [3.63, 3.8) is 0 Å². The summed E-state index contributed by atoms with van der Waals surface area (Å²) in [5.41, 5.74) is 0.474. The Morgan fingerprint density at radius 1 is 1.53 bits per heavy atom. The second kappa shape index (κ2) is 3.78. The summed E-state index contributed by atoms with van der Waals surface area (Å²) in [6.45, 7) is 6.46. The maximum atomic E-state index is 11.0. The first-order valence-electron chi connectivity index (χ1n) is 5.99. The largest absolute Gasteiger partial charge is 0.481 e. The Morgan fingerprint density at radius 2 is 2.20 bits per heavy atom. The number of hydrogen-bond acceptors (Lipinski definition) is 2. The van der Waals surface area contributed by atoms with Gasteiger partial charge in [-0.3, -0.25) is 9.69 Å². The lowest BCUT2D eigenvalue weighted by Gasteiger charge is -2.42. The van der Waals surface area contributed by atoms with E-state index in [1.54, 1.807) is 0 Å². The van der Waals surface area contributed by atoms with Gasteiger partial charge in [-0.15, -0.1) is 0 Å². The highest BCUT2D eigenvalue weighted by Gasteiger charge is 2.40. The van der Waals surface area contributed by atoms with Crippen molar-refractivity contribution >= 4 is 5.97 Å². The van der Waals surface area contributed by atoms with Crippen molar-refractivity contribution in [1.29, 1.82) is 0 Å². The molecule has 86 valence electrons. The predicted molar refractivity (Wildman–Crippen MR) is 58.7 cm³/mol. The fraction of sp³-hybridized carbons (Fsp3) is 0.917. The molecule has 1 heterocycles. The molecule has 0 aromatic heterocycles. The Morgan fingerprint density at radius 3 is 2.60 bits per heavy atom. The van der Waals surface area contributed by atoms with Gasteiger partial charge in [0.2, 0.25) is 0 Å². The lowest BCUT2D eigenvalue weighted by Crippen LogP contribution is -2.43. The highest BCUT2D eigenvalue weighted by molar-refractivity contribution is 5.71. The summed E-state index contributed by atoms with van der Waals surface area (Å²) in [5.74, 6) is -0.766. The van der Waals surface area contributed by atoms with Gasteiger partial charge in [0.25, 0.3) is 0 Å². The number of hydrogen-bond donors (Lipinski definition) is 1. The van der Waals surface area contributed by atoms with Crippen LogP contribution in [0.25, 0.3) is 0 Å². The van der Waals surface area contributed by atoms with Gasteiger partial charge >= 0.3 is 5.97 Å². The summed E-state index contributed by atoms with van der Waals surface area (Å²) >= 11 is 0. The van der Waals surface area contributed by atoms with Crippen molar-refractivity contribution in [3.05, 3.63) is 0 Å². The minimum atomic E-state index is -0.622. The number of carboxylic acids is 1. The maximum absolute atomic E-state index is 11.0. The summed E-state index contributed by atoms with van der Waals surface area (Å²) in [6.07, 6.45) is 4.80. The molecule has 0 bridgehead atoms. The molecular weight excluding hydrogens is 190 g/mol. The van der Waals surface area contributed by atoms with E-state index in [4.69, 9.17) is 5.11 Å². The first-order chi connectivity index (χ1) is 7.02. The molecular formula is C12H21NO2. The van der Waals surface area contributed by atoms with E-state index in [9.17, 15) is 4.79 Å². The van der Waals surface area contributed by atoms with Gasteiger partial charge in [0.1, 0.15) is 0 Å². The first-order valence-corrected chi connectivity index (χ1v) is 5.99. The number of rotatable bonds is 3. The third kappa shape index (κ3) is 2.03. The number of carboxylic acid groups (broad SMARTS) is 1. The van der Waals surface area contributed by atoms with Gasteiger partial charge in [0.05, 0.1) is 5.92 Å². The molecule has 15 heavy (non-hydrogen) atoms. The summed E-state index contributed by atoms with van der Waals surface area (Å²) in [6, 6.07) is 0.222. The Labute approximate surface area is 91.5 Å². The molecule has 0 amide bonds. The number of likely N-dealkylation sites (tertiary alicyclic amines) is 1. The van der Waals surface area contributed by atoms with Crippen LogP contribution in [0.2, 0.25) is 0 Å². The minimum absolute atomic E-state index is 0.145. The standard InChI is InChI=1S/C12H21NO2/c1-9-10(11(14)15)4-7-13(9)8-12(2)5-3-6-12/h9-10H,3-8H2,1-2H3,(H,14,15). The summed E-state index contributed by atoms with van der Waals surface area (Å²) in [4.78, 5) is 13.4. The Bertz CT molecular complexity index is 260. The third-order valence-corrected chi connectivity index (χ3v) is 4.35. The van der Waals surface area contributed by atoms with Gasteiger partial charge in [-0.05, 0) is 38.1 Å². The van der Waals surface area contributed by atoms with E-state index in [0.717, 1.165) is 19.5 Å². The smallest absolute Gasteiger partial charge is 0.308 e. The molecule has 1 saturated carbocycles. The average Bonchev–Trinajstić information content (AvgIpc) is 2.45. The molecule has 3 nitrogen and oxygen atoms in total. The normalized spacial score (nSPS) is 35.1. The zero-order valence-corrected chi connectivity index (χ0v) is 9.70. The molecule has 2 rings (SSSR count). The van der Waals surface area contributed by atoms with E-state index in [2.05, 4.69) is 18.7 Å². The second-order valence-corrected chi connectivity index (χ2v) is 5.61. The first kappa shape index (κ1) is 10.9. The quantitative estimate of drug-likeness (QED) is 0.776. The van der Waals surface area contributed by atoms with Crippen LogP contribution in [-0.2, 0) is 4.79 Å². The van der Waals surface area contributed by atoms with Crippen molar-refractivity contribution in [1.82, 2.24) is 4.90 Å². The topological polar surface area (TPSA) is 40.5 Å². The van der Waals surface area contributed by atoms with Crippen LogP contribution >= 0.6 is 0 Å². The molecule has 2 aliphatic rings. The van der Waals surface area contributed by atoms with Crippen LogP contribution < -0.4 is 0 Å². The van der Waals surface area contributed by atoms with Crippen LogP contribution in [0.3, 0.4) is 0 Å². The minimum Gasteiger partial charge on any atom is -0.481 e. The van der Waals surface area contributed by atoms with Crippen molar-refractivity contribution in [3.8, 4) is 0 Å². The molecule has 3 heteroatoms. The van der Waals surface area contributed by atoms with Crippen LogP contribution in [0.4, 0.5) is 0 Å². The summed E-state index contributed by atoms with van der Waals surface area (Å²) in [7, 11) is 0. The molecule has 2 unspecified atom stereocenters. The van der Waals surface area contributed by atoms with E-state index in [1.165, 1.54) is 19.3 Å². The third-order valence-electron chi connectivity index (χ3n) is 4.35. The van der Waals surface area contributed by atoms with Crippen LogP contribution in [-0.4, -0.2) is 35.1 Å². The molecule has 0 spiro atoms. The second-order valence-electron chi connectivity index (χ2n) is 5.61. The van der Waals surface area contributed by atoms with Crippen molar-refractivity contribution in [2.24, 2.45) is 11.3 Å². The zero-order chi connectivity index (χ0) is 11.1. The Hall–Kier alpha value is -0.570. The van der Waals surface area contributed by atoms with E-state index < -0.39 is 5.97 Å². The van der Waals surface area contributed by atoms with E-state index in [-0.39, 0.29) is 12.0 Å². The molecule has 2 atom stereocenters. The van der Waals surface area contributed by atoms with Crippen LogP contribution in [0.15, 0.2) is 0 Å². The van der Waals surface area contributed by atoms with E-state index in [0.29, 0.717) is 5.41 Å². The molecule has 0 aromatic rings. The monoisotopic (exact) mass is 211 g/mol. The summed E-state index contributed by atoms with van der Waals surface area (Å²) in [5, 5.41) is 9.04. The number of aliphatic carboxylic acids is 1. The van der Waals surface area contributed by atoms with Gasteiger partial charge in [-0.25, -0.2) is 0 Å². The van der Waals surface area contributed by atoms with Gasteiger partial charge < -0.3 is 5.11 Å². The highest BCUT2D eigenvalue weighted by Crippen LogP contribution is 2.42. The average molecular weight is 211 g/mol. The number of nitrogens with zero attached hydrogens (tertiary/aromatic N) is 1. The highest BCUT2D eigenvalue weighted by atomic mass is 16.4. The van der Waals surface area contributed by atoms with Crippen molar-refractivity contribution in [2.75, 3.05) is 13.1 Å². The summed E-state index contributed by atoms with van der Waals surface area (Å²) < 4.78 is 0. The SMILES string of the molecule is CC1C(C(=O)O)CCN1CC1(C)CCC1. The van der Waals surface area contributed by atoms with Crippen LogP contribution in [0.1, 0.15) is 39.5 Å². The molecule has 2 fully saturated rings. The van der Waals surface area contributed by atoms with E-state index in [1.807, 2.05) is 0 Å². The molecule has 0 aromatic carbocycles. The fourth-order valence-corrected chi connectivity index (χ4v) is 2.99. The predicted octanol–water partition coefficient (Wildman–Crippen LogP) is 1.97. The fourth-order valence-electron chi connectivity index (χ4n) is 2.99. The van der Waals surface area contributed by atoms with E-state index >= 15 is 0 Å².